The van der Waals surface area contributed by atoms with Crippen LogP contribution in [0.25, 0.3) is 28.0 Å². The molecule has 4 rings (SSSR count). The molecule has 0 aliphatic heterocycles. The van der Waals surface area contributed by atoms with Gasteiger partial charge >= 0.3 is 0 Å². The maximum atomic E-state index is 13.3. The number of aromatic nitrogens is 4. The molecule has 2 heterocycles. The first kappa shape index (κ1) is 11.1. The van der Waals surface area contributed by atoms with Crippen molar-refractivity contribution in [1.29, 1.82) is 0 Å². The van der Waals surface area contributed by atoms with Gasteiger partial charge in [-0.05, 0) is 30.3 Å². The fraction of sp³-hybridized carbons (Fsp3) is 0. The van der Waals surface area contributed by atoms with E-state index in [4.69, 9.17) is 0 Å². The van der Waals surface area contributed by atoms with E-state index in [-0.39, 0.29) is 11.6 Å². The Labute approximate surface area is 111 Å². The van der Waals surface area contributed by atoms with Gasteiger partial charge < -0.3 is 4.98 Å². The van der Waals surface area contributed by atoms with E-state index in [0.29, 0.717) is 28.0 Å². The fourth-order valence-electron chi connectivity index (χ4n) is 2.23. The zero-order chi connectivity index (χ0) is 13.7. The first-order chi connectivity index (χ1) is 9.70. The maximum absolute atomic E-state index is 13.3. The van der Waals surface area contributed by atoms with Gasteiger partial charge in [0, 0.05) is 6.07 Å². The monoisotopic (exact) mass is 270 g/mol. The zero-order valence-electron chi connectivity index (χ0n) is 10.1. The van der Waals surface area contributed by atoms with Gasteiger partial charge in [0.2, 0.25) is 5.95 Å². The summed E-state index contributed by atoms with van der Waals surface area (Å²) in [5.41, 5.74) is 2.49. The fourth-order valence-corrected chi connectivity index (χ4v) is 2.23. The molecular formula is C14H8F2N4. The van der Waals surface area contributed by atoms with Crippen LogP contribution in [0.3, 0.4) is 0 Å². The van der Waals surface area contributed by atoms with Crippen molar-refractivity contribution in [2.24, 2.45) is 0 Å². The van der Waals surface area contributed by atoms with Crippen LogP contribution < -0.4 is 0 Å². The van der Waals surface area contributed by atoms with Crippen molar-refractivity contribution in [3.8, 4) is 5.95 Å². The zero-order valence-corrected chi connectivity index (χ0v) is 10.1. The summed E-state index contributed by atoms with van der Waals surface area (Å²) in [6.45, 7) is 0. The lowest BCUT2D eigenvalue weighted by molar-refractivity contribution is 0.629. The van der Waals surface area contributed by atoms with Crippen LogP contribution in [-0.4, -0.2) is 19.5 Å². The summed E-state index contributed by atoms with van der Waals surface area (Å²) in [5.74, 6) is -0.214. The molecule has 0 saturated heterocycles. The molecule has 0 atom stereocenters. The molecule has 98 valence electrons. The van der Waals surface area contributed by atoms with Crippen LogP contribution in [0, 0.1) is 11.6 Å². The molecule has 0 saturated carbocycles. The Morgan fingerprint density at radius 1 is 0.950 bits per heavy atom. The van der Waals surface area contributed by atoms with E-state index in [2.05, 4.69) is 15.0 Å². The van der Waals surface area contributed by atoms with Crippen LogP contribution in [0.4, 0.5) is 8.78 Å². The van der Waals surface area contributed by atoms with E-state index >= 15 is 0 Å². The van der Waals surface area contributed by atoms with Crippen molar-refractivity contribution in [3.63, 3.8) is 0 Å². The minimum atomic E-state index is -0.346. The molecule has 0 aliphatic carbocycles. The molecule has 1 N–H and O–H groups in total. The average Bonchev–Trinajstić information content (AvgIpc) is 3.00. The average molecular weight is 270 g/mol. The number of fused-ring (bicyclic) bond motifs is 2. The van der Waals surface area contributed by atoms with Crippen LogP contribution in [0.2, 0.25) is 0 Å². The SMILES string of the molecule is Fc1ccc2nc(-n3cnc4ccc(F)cc43)[nH]c2c1. The third-order valence-electron chi connectivity index (χ3n) is 3.17. The number of aromatic amines is 1. The van der Waals surface area contributed by atoms with Gasteiger partial charge in [0.15, 0.2) is 0 Å². The van der Waals surface area contributed by atoms with Crippen LogP contribution in [0.15, 0.2) is 42.7 Å². The number of hydrogen-bond donors (Lipinski definition) is 1. The highest BCUT2D eigenvalue weighted by atomic mass is 19.1. The molecule has 6 heteroatoms. The summed E-state index contributed by atoms with van der Waals surface area (Å²) >= 11 is 0. The standard InChI is InChI=1S/C14H8F2N4/c15-8-1-3-10-12(5-8)19-14(18-10)20-7-17-11-4-2-9(16)6-13(11)20/h1-7H,(H,18,19). The lowest BCUT2D eigenvalue weighted by Gasteiger charge is -1.98. The molecule has 0 bridgehead atoms. The van der Waals surface area contributed by atoms with Crippen molar-refractivity contribution < 1.29 is 8.78 Å². The molecule has 4 aromatic rings. The van der Waals surface area contributed by atoms with Gasteiger partial charge in [-0.15, -0.1) is 0 Å². The second-order valence-corrected chi connectivity index (χ2v) is 4.47. The van der Waals surface area contributed by atoms with Gasteiger partial charge in [0.05, 0.1) is 22.1 Å². The van der Waals surface area contributed by atoms with E-state index < -0.39 is 0 Å². The Balaban J connectivity index is 1.98. The van der Waals surface area contributed by atoms with Gasteiger partial charge in [-0.3, -0.25) is 4.57 Å². The Bertz CT molecular complexity index is 939. The topological polar surface area (TPSA) is 46.5 Å². The highest BCUT2D eigenvalue weighted by Crippen LogP contribution is 2.20. The second kappa shape index (κ2) is 3.86. The number of nitrogens with one attached hydrogen (secondary N) is 1. The predicted molar refractivity (Wildman–Crippen MR) is 70.6 cm³/mol. The summed E-state index contributed by atoms with van der Waals surface area (Å²) < 4.78 is 28.2. The van der Waals surface area contributed by atoms with Crippen LogP contribution in [-0.2, 0) is 0 Å². The number of rotatable bonds is 1. The molecule has 0 spiro atoms. The second-order valence-electron chi connectivity index (χ2n) is 4.47. The Morgan fingerprint density at radius 3 is 2.55 bits per heavy atom. The molecule has 0 radical (unpaired) electrons. The number of H-pyrrole nitrogens is 1. The Hall–Kier alpha value is -2.76. The highest BCUT2D eigenvalue weighted by Gasteiger charge is 2.10. The Morgan fingerprint density at radius 2 is 1.70 bits per heavy atom. The number of nitrogens with zero attached hydrogens (tertiary/aromatic N) is 3. The molecule has 0 aliphatic rings. The van der Waals surface area contributed by atoms with Crippen LogP contribution >= 0.6 is 0 Å². The summed E-state index contributed by atoms with van der Waals surface area (Å²) in [6, 6.07) is 8.64. The van der Waals surface area contributed by atoms with Crippen molar-refractivity contribution in [1.82, 2.24) is 19.5 Å². The van der Waals surface area contributed by atoms with Crippen LogP contribution in [0.5, 0.6) is 0 Å². The van der Waals surface area contributed by atoms with Gasteiger partial charge in [0.1, 0.15) is 18.0 Å². The molecule has 0 unspecified atom stereocenters. The summed E-state index contributed by atoms with van der Waals surface area (Å²) in [4.78, 5) is 11.5. The first-order valence-electron chi connectivity index (χ1n) is 5.99. The minimum Gasteiger partial charge on any atom is -0.323 e. The molecule has 2 aromatic heterocycles. The summed E-state index contributed by atoms with van der Waals surface area (Å²) in [7, 11) is 0. The molecule has 0 amide bonds. The number of halogens is 2. The molecule has 20 heavy (non-hydrogen) atoms. The highest BCUT2D eigenvalue weighted by molar-refractivity contribution is 5.79. The normalized spacial score (nSPS) is 11.5. The predicted octanol–water partition coefficient (Wildman–Crippen LogP) is 3.18. The summed E-state index contributed by atoms with van der Waals surface area (Å²) in [5, 5.41) is 0. The van der Waals surface area contributed by atoms with Crippen molar-refractivity contribution in [3.05, 3.63) is 54.4 Å². The van der Waals surface area contributed by atoms with E-state index in [1.165, 1.54) is 24.3 Å². The Kier molecular flexibility index (Phi) is 2.14. The van der Waals surface area contributed by atoms with E-state index in [9.17, 15) is 8.78 Å². The lowest BCUT2D eigenvalue weighted by Crippen LogP contribution is -1.94. The largest absolute Gasteiger partial charge is 0.323 e. The van der Waals surface area contributed by atoms with Crippen molar-refractivity contribution >= 4 is 22.1 Å². The molecule has 4 nitrogen and oxygen atoms in total. The lowest BCUT2D eigenvalue weighted by atomic mass is 10.3. The van der Waals surface area contributed by atoms with Crippen molar-refractivity contribution in [2.75, 3.05) is 0 Å². The first-order valence-corrected chi connectivity index (χ1v) is 5.99. The van der Waals surface area contributed by atoms with E-state index in [1.807, 2.05) is 0 Å². The molecule has 0 fully saturated rings. The number of hydrogen-bond acceptors (Lipinski definition) is 2. The van der Waals surface area contributed by atoms with E-state index in [1.54, 1.807) is 23.0 Å². The van der Waals surface area contributed by atoms with Crippen molar-refractivity contribution in [2.45, 2.75) is 0 Å². The maximum Gasteiger partial charge on any atom is 0.213 e. The van der Waals surface area contributed by atoms with Gasteiger partial charge in [-0.1, -0.05) is 0 Å². The summed E-state index contributed by atoms with van der Waals surface area (Å²) in [6.07, 6.45) is 1.55. The number of benzene rings is 2. The smallest absolute Gasteiger partial charge is 0.213 e. The van der Waals surface area contributed by atoms with E-state index in [0.717, 1.165) is 0 Å². The minimum absolute atomic E-state index is 0.339. The quantitative estimate of drug-likeness (QED) is 0.577. The van der Waals surface area contributed by atoms with Gasteiger partial charge in [0.25, 0.3) is 0 Å². The third-order valence-corrected chi connectivity index (χ3v) is 3.17. The van der Waals surface area contributed by atoms with Crippen LogP contribution in [0.1, 0.15) is 0 Å². The third kappa shape index (κ3) is 1.58. The molecular weight excluding hydrogens is 262 g/mol. The molecule has 2 aromatic carbocycles. The van der Waals surface area contributed by atoms with Gasteiger partial charge in [-0.2, -0.15) is 0 Å². The number of imidazole rings is 2. The van der Waals surface area contributed by atoms with Gasteiger partial charge in [-0.25, -0.2) is 18.7 Å².